The van der Waals surface area contributed by atoms with Crippen molar-refractivity contribution in [2.45, 2.75) is 6.54 Å². The van der Waals surface area contributed by atoms with Gasteiger partial charge in [0.25, 0.3) is 11.5 Å². The van der Waals surface area contributed by atoms with Gasteiger partial charge in [-0.25, -0.2) is 0 Å². The minimum atomic E-state index is -0.257. The molecule has 23 heavy (non-hydrogen) atoms. The van der Waals surface area contributed by atoms with Gasteiger partial charge >= 0.3 is 0 Å². The number of hydrogen-bond acceptors (Lipinski definition) is 4. The molecule has 0 saturated heterocycles. The van der Waals surface area contributed by atoms with Crippen LogP contribution in [0.2, 0.25) is 0 Å². The van der Waals surface area contributed by atoms with E-state index in [-0.39, 0.29) is 11.5 Å². The number of carbonyl (C=O) groups excluding carboxylic acids is 1. The summed E-state index contributed by atoms with van der Waals surface area (Å²) in [5.74, 6) is -0.0707. The SMILES string of the molecule is COCCn1c(-c2ccc(C(=O)N(C)C)cc2)cc(=O)[nH]c1=S. The highest BCUT2D eigenvalue weighted by Crippen LogP contribution is 2.19. The lowest BCUT2D eigenvalue weighted by Crippen LogP contribution is -2.21. The van der Waals surface area contributed by atoms with Crippen molar-refractivity contribution in [2.75, 3.05) is 27.8 Å². The van der Waals surface area contributed by atoms with Crippen LogP contribution in [-0.4, -0.2) is 48.2 Å². The third kappa shape index (κ3) is 3.94. The lowest BCUT2D eigenvalue weighted by molar-refractivity contribution is 0.0827. The van der Waals surface area contributed by atoms with Crippen molar-refractivity contribution < 1.29 is 9.53 Å². The number of nitrogens with one attached hydrogen (secondary N) is 1. The highest BCUT2D eigenvalue weighted by molar-refractivity contribution is 7.71. The summed E-state index contributed by atoms with van der Waals surface area (Å²) in [6.07, 6.45) is 0. The van der Waals surface area contributed by atoms with Crippen LogP contribution in [0.15, 0.2) is 35.1 Å². The minimum absolute atomic E-state index is 0.0707. The first-order valence-corrected chi connectivity index (χ1v) is 7.50. The van der Waals surface area contributed by atoms with Crippen LogP contribution in [0.3, 0.4) is 0 Å². The topological polar surface area (TPSA) is 67.3 Å². The molecule has 1 aromatic carbocycles. The molecule has 1 N–H and O–H groups in total. The molecule has 7 heteroatoms. The summed E-state index contributed by atoms with van der Waals surface area (Å²) >= 11 is 5.23. The Balaban J connectivity index is 2.47. The molecule has 0 aliphatic carbocycles. The van der Waals surface area contributed by atoms with E-state index in [1.54, 1.807) is 33.3 Å². The summed E-state index contributed by atoms with van der Waals surface area (Å²) in [4.78, 5) is 27.8. The molecule has 2 rings (SSSR count). The summed E-state index contributed by atoms with van der Waals surface area (Å²) in [5, 5.41) is 0. The van der Waals surface area contributed by atoms with Gasteiger partial charge in [0.15, 0.2) is 4.77 Å². The van der Waals surface area contributed by atoms with Crippen LogP contribution in [0.5, 0.6) is 0 Å². The van der Waals surface area contributed by atoms with Gasteiger partial charge in [-0.3, -0.25) is 14.6 Å². The van der Waals surface area contributed by atoms with Crippen molar-refractivity contribution in [1.29, 1.82) is 0 Å². The van der Waals surface area contributed by atoms with Gasteiger partial charge in [-0.15, -0.1) is 0 Å². The van der Waals surface area contributed by atoms with Crippen LogP contribution >= 0.6 is 12.2 Å². The Morgan fingerprint density at radius 2 is 1.96 bits per heavy atom. The number of aromatic amines is 1. The first-order chi connectivity index (χ1) is 10.9. The molecular weight excluding hydrogens is 314 g/mol. The van der Waals surface area contributed by atoms with Crippen LogP contribution in [0.25, 0.3) is 11.3 Å². The van der Waals surface area contributed by atoms with Gasteiger partial charge in [0.1, 0.15) is 0 Å². The summed E-state index contributed by atoms with van der Waals surface area (Å²) in [7, 11) is 5.01. The summed E-state index contributed by atoms with van der Waals surface area (Å²) in [6.45, 7) is 1.00. The molecule has 0 saturated carbocycles. The zero-order chi connectivity index (χ0) is 17.0. The highest BCUT2D eigenvalue weighted by Gasteiger charge is 2.10. The molecule has 0 atom stereocenters. The van der Waals surface area contributed by atoms with Gasteiger partial charge in [-0.1, -0.05) is 12.1 Å². The van der Waals surface area contributed by atoms with E-state index in [1.165, 1.54) is 11.0 Å². The highest BCUT2D eigenvalue weighted by atomic mass is 32.1. The number of rotatable bonds is 5. The van der Waals surface area contributed by atoms with Crippen molar-refractivity contribution in [3.63, 3.8) is 0 Å². The van der Waals surface area contributed by atoms with Gasteiger partial charge in [-0.05, 0) is 29.9 Å². The zero-order valence-electron chi connectivity index (χ0n) is 13.3. The van der Waals surface area contributed by atoms with E-state index < -0.39 is 0 Å². The first kappa shape index (κ1) is 17.1. The maximum atomic E-state index is 11.9. The second-order valence-electron chi connectivity index (χ2n) is 5.25. The van der Waals surface area contributed by atoms with Crippen LogP contribution in [0, 0.1) is 4.77 Å². The number of ether oxygens (including phenoxy) is 1. The molecule has 6 nitrogen and oxygen atoms in total. The third-order valence-electron chi connectivity index (χ3n) is 3.39. The predicted octanol–water partition coefficient (Wildman–Crippen LogP) is 1.92. The Hall–Kier alpha value is -2.25. The Bertz CT molecular complexity index is 807. The first-order valence-electron chi connectivity index (χ1n) is 7.09. The molecule has 0 bridgehead atoms. The molecule has 0 aliphatic heterocycles. The molecule has 122 valence electrons. The number of methoxy groups -OCH3 is 1. The van der Waals surface area contributed by atoms with Crippen LogP contribution in [0.1, 0.15) is 10.4 Å². The van der Waals surface area contributed by atoms with Gasteiger partial charge in [0.2, 0.25) is 0 Å². The number of hydrogen-bond donors (Lipinski definition) is 1. The van der Waals surface area contributed by atoms with E-state index in [1.807, 2.05) is 16.7 Å². The molecule has 2 aromatic rings. The van der Waals surface area contributed by atoms with Crippen molar-refractivity contribution in [1.82, 2.24) is 14.5 Å². The Labute approximate surface area is 139 Å². The lowest BCUT2D eigenvalue weighted by atomic mass is 10.1. The standard InChI is InChI=1S/C16H19N3O3S/c1-18(2)15(21)12-6-4-11(5-7-12)13-10-14(20)17-16(23)19(13)8-9-22-3/h4-7,10H,8-9H2,1-3H3,(H,17,20,23). The van der Waals surface area contributed by atoms with E-state index in [2.05, 4.69) is 4.98 Å². The van der Waals surface area contributed by atoms with E-state index in [0.717, 1.165) is 5.56 Å². The normalized spacial score (nSPS) is 10.6. The molecule has 0 aliphatic rings. The van der Waals surface area contributed by atoms with Gasteiger partial charge < -0.3 is 14.2 Å². The van der Waals surface area contributed by atoms with Crippen molar-refractivity contribution >= 4 is 18.1 Å². The van der Waals surface area contributed by atoms with Gasteiger partial charge in [0.05, 0.1) is 12.3 Å². The molecule has 1 heterocycles. The Kier molecular flexibility index (Phi) is 5.46. The molecule has 1 amide bonds. The Morgan fingerprint density at radius 1 is 1.30 bits per heavy atom. The molecule has 0 radical (unpaired) electrons. The second-order valence-corrected chi connectivity index (χ2v) is 5.63. The summed E-state index contributed by atoms with van der Waals surface area (Å²) in [6, 6.07) is 8.59. The van der Waals surface area contributed by atoms with Crippen molar-refractivity contribution in [2.24, 2.45) is 0 Å². The van der Waals surface area contributed by atoms with Gasteiger partial charge in [-0.2, -0.15) is 0 Å². The number of aromatic nitrogens is 2. The van der Waals surface area contributed by atoms with Crippen LogP contribution in [0.4, 0.5) is 0 Å². The zero-order valence-corrected chi connectivity index (χ0v) is 14.1. The lowest BCUT2D eigenvalue weighted by Gasteiger charge is -2.14. The predicted molar refractivity (Wildman–Crippen MR) is 91.2 cm³/mol. The quantitative estimate of drug-likeness (QED) is 0.849. The number of H-pyrrole nitrogens is 1. The molecule has 0 unspecified atom stereocenters. The molecule has 0 fully saturated rings. The third-order valence-corrected chi connectivity index (χ3v) is 3.71. The van der Waals surface area contributed by atoms with Crippen molar-refractivity contribution in [3.8, 4) is 11.3 Å². The fraction of sp³-hybridized carbons (Fsp3) is 0.312. The van der Waals surface area contributed by atoms with E-state index in [0.29, 0.717) is 29.2 Å². The second kappa shape index (κ2) is 7.34. The average Bonchev–Trinajstić information content (AvgIpc) is 2.53. The Morgan fingerprint density at radius 3 is 2.52 bits per heavy atom. The maximum Gasteiger partial charge on any atom is 0.253 e. The average molecular weight is 333 g/mol. The fourth-order valence-electron chi connectivity index (χ4n) is 2.21. The van der Waals surface area contributed by atoms with Crippen LogP contribution in [-0.2, 0) is 11.3 Å². The minimum Gasteiger partial charge on any atom is -0.383 e. The number of amides is 1. The number of nitrogens with zero attached hydrogens (tertiary/aromatic N) is 2. The summed E-state index contributed by atoms with van der Waals surface area (Å²) in [5.41, 5.74) is 1.84. The van der Waals surface area contributed by atoms with E-state index in [4.69, 9.17) is 17.0 Å². The molecule has 1 aromatic heterocycles. The van der Waals surface area contributed by atoms with E-state index >= 15 is 0 Å². The molecular formula is C16H19N3O3S. The smallest absolute Gasteiger partial charge is 0.253 e. The van der Waals surface area contributed by atoms with E-state index in [9.17, 15) is 9.59 Å². The fourth-order valence-corrected chi connectivity index (χ4v) is 2.50. The van der Waals surface area contributed by atoms with Gasteiger partial charge in [0, 0.05) is 39.4 Å². The largest absolute Gasteiger partial charge is 0.383 e. The number of benzene rings is 1. The summed E-state index contributed by atoms with van der Waals surface area (Å²) < 4.78 is 7.24. The van der Waals surface area contributed by atoms with Crippen LogP contribution < -0.4 is 5.56 Å². The molecule has 0 spiro atoms. The number of carbonyl (C=O) groups is 1. The monoisotopic (exact) mass is 333 g/mol. The maximum absolute atomic E-state index is 11.9. The van der Waals surface area contributed by atoms with Crippen molar-refractivity contribution in [3.05, 3.63) is 51.0 Å².